The van der Waals surface area contributed by atoms with Gasteiger partial charge in [0.15, 0.2) is 0 Å². The Kier molecular flexibility index (Phi) is 5.58. The molecule has 1 nitrogen and oxygen atoms in total. The summed E-state index contributed by atoms with van der Waals surface area (Å²) in [6, 6.07) is 12.6. The number of hydrogen-bond acceptors (Lipinski definition) is 1. The van der Waals surface area contributed by atoms with Crippen LogP contribution < -0.4 is 5.32 Å². The van der Waals surface area contributed by atoms with Gasteiger partial charge in [-0.3, -0.25) is 0 Å². The molecule has 2 aromatic rings. The van der Waals surface area contributed by atoms with E-state index < -0.39 is 0 Å². The second kappa shape index (κ2) is 7.21. The maximum Gasteiger partial charge on any atom is 0.129 e. The lowest BCUT2D eigenvalue weighted by atomic mass is 9.98. The summed E-state index contributed by atoms with van der Waals surface area (Å²) in [5.74, 6) is -0.268. The molecule has 0 spiro atoms. The van der Waals surface area contributed by atoms with E-state index in [-0.39, 0.29) is 11.9 Å². The molecule has 0 aliphatic carbocycles. The zero-order chi connectivity index (χ0) is 14.5. The minimum Gasteiger partial charge on any atom is -0.310 e. The molecule has 0 saturated heterocycles. The molecule has 0 aromatic heterocycles. The van der Waals surface area contributed by atoms with Crippen LogP contribution >= 0.6 is 27.5 Å². The minimum absolute atomic E-state index is 0.146. The molecular weight excluding hydrogens is 341 g/mol. The zero-order valence-electron chi connectivity index (χ0n) is 11.2. The van der Waals surface area contributed by atoms with Gasteiger partial charge >= 0.3 is 0 Å². The van der Waals surface area contributed by atoms with E-state index in [9.17, 15) is 4.39 Å². The van der Waals surface area contributed by atoms with Crippen LogP contribution in [0.1, 0.15) is 24.1 Å². The van der Waals surface area contributed by atoms with E-state index >= 15 is 0 Å². The summed E-state index contributed by atoms with van der Waals surface area (Å²) in [5.41, 5.74) is 1.66. The average Bonchev–Trinajstić information content (AvgIpc) is 2.41. The van der Waals surface area contributed by atoms with E-state index in [0.717, 1.165) is 16.6 Å². The molecule has 1 unspecified atom stereocenters. The molecule has 2 rings (SSSR count). The Labute approximate surface area is 132 Å². The summed E-state index contributed by atoms with van der Waals surface area (Å²) < 4.78 is 15.1. The van der Waals surface area contributed by atoms with Crippen LogP contribution in [0.2, 0.25) is 5.02 Å². The summed E-state index contributed by atoms with van der Waals surface area (Å²) in [5, 5.41) is 3.77. The van der Waals surface area contributed by atoms with E-state index in [0.29, 0.717) is 17.0 Å². The van der Waals surface area contributed by atoms with Gasteiger partial charge in [0.2, 0.25) is 0 Å². The number of likely N-dealkylation sites (N-methyl/N-ethyl adjacent to an activating group) is 1. The Morgan fingerprint density at radius 3 is 2.60 bits per heavy atom. The van der Waals surface area contributed by atoms with Crippen molar-refractivity contribution in [1.29, 1.82) is 0 Å². The van der Waals surface area contributed by atoms with Crippen molar-refractivity contribution in [3.8, 4) is 0 Å². The fourth-order valence-corrected chi connectivity index (χ4v) is 2.99. The molecule has 2 aromatic carbocycles. The highest BCUT2D eigenvalue weighted by Gasteiger charge is 2.19. The number of nitrogens with one attached hydrogen (secondary N) is 1. The van der Waals surface area contributed by atoms with E-state index in [2.05, 4.69) is 21.2 Å². The van der Waals surface area contributed by atoms with Crippen LogP contribution in [0.3, 0.4) is 0 Å². The van der Waals surface area contributed by atoms with Gasteiger partial charge < -0.3 is 5.32 Å². The molecule has 0 saturated carbocycles. The van der Waals surface area contributed by atoms with Gasteiger partial charge in [0, 0.05) is 21.1 Å². The monoisotopic (exact) mass is 355 g/mol. The van der Waals surface area contributed by atoms with Gasteiger partial charge in [-0.2, -0.15) is 0 Å². The maximum atomic E-state index is 14.1. The molecule has 1 atom stereocenters. The Balaban J connectivity index is 2.35. The molecule has 106 valence electrons. The minimum atomic E-state index is -0.268. The van der Waals surface area contributed by atoms with Crippen molar-refractivity contribution >= 4 is 27.5 Å². The topological polar surface area (TPSA) is 12.0 Å². The van der Waals surface area contributed by atoms with Crippen molar-refractivity contribution in [2.24, 2.45) is 0 Å². The maximum absolute atomic E-state index is 14.1. The first-order valence-corrected chi connectivity index (χ1v) is 7.71. The summed E-state index contributed by atoms with van der Waals surface area (Å²) in [6.45, 7) is 2.75. The normalized spacial score (nSPS) is 12.4. The van der Waals surface area contributed by atoms with Crippen molar-refractivity contribution in [1.82, 2.24) is 5.32 Å². The lowest BCUT2D eigenvalue weighted by Gasteiger charge is -2.21. The Bertz CT molecular complexity index is 568. The SMILES string of the molecule is CCNC(Cc1ccccc1Br)c1c(F)cccc1Cl. The van der Waals surface area contributed by atoms with Gasteiger partial charge in [-0.05, 0) is 36.7 Å². The highest BCUT2D eigenvalue weighted by atomic mass is 79.9. The Hall–Kier alpha value is -0.900. The van der Waals surface area contributed by atoms with Gasteiger partial charge in [-0.15, -0.1) is 0 Å². The number of hydrogen-bond donors (Lipinski definition) is 1. The van der Waals surface area contributed by atoms with Gasteiger partial charge in [0.25, 0.3) is 0 Å². The van der Waals surface area contributed by atoms with Crippen LogP contribution in [0.5, 0.6) is 0 Å². The van der Waals surface area contributed by atoms with E-state index in [1.807, 2.05) is 31.2 Å². The van der Waals surface area contributed by atoms with Gasteiger partial charge in [0.1, 0.15) is 5.82 Å². The van der Waals surface area contributed by atoms with E-state index in [1.54, 1.807) is 12.1 Å². The second-order valence-electron chi connectivity index (χ2n) is 4.54. The quantitative estimate of drug-likeness (QED) is 0.782. The smallest absolute Gasteiger partial charge is 0.129 e. The molecule has 0 aliphatic rings. The Morgan fingerprint density at radius 1 is 1.20 bits per heavy atom. The average molecular weight is 357 g/mol. The second-order valence-corrected chi connectivity index (χ2v) is 5.80. The molecule has 1 N–H and O–H groups in total. The lowest BCUT2D eigenvalue weighted by Crippen LogP contribution is -2.24. The fourth-order valence-electron chi connectivity index (χ4n) is 2.25. The zero-order valence-corrected chi connectivity index (χ0v) is 13.5. The van der Waals surface area contributed by atoms with Crippen LogP contribution in [0.25, 0.3) is 0 Å². The van der Waals surface area contributed by atoms with E-state index in [4.69, 9.17) is 11.6 Å². The van der Waals surface area contributed by atoms with Crippen LogP contribution in [0, 0.1) is 5.82 Å². The van der Waals surface area contributed by atoms with Crippen molar-refractivity contribution in [2.75, 3.05) is 6.54 Å². The highest BCUT2D eigenvalue weighted by Crippen LogP contribution is 2.30. The van der Waals surface area contributed by atoms with Crippen LogP contribution in [-0.2, 0) is 6.42 Å². The first kappa shape index (κ1) is 15.5. The van der Waals surface area contributed by atoms with Gasteiger partial charge in [-0.25, -0.2) is 4.39 Å². The van der Waals surface area contributed by atoms with Crippen LogP contribution in [-0.4, -0.2) is 6.54 Å². The lowest BCUT2D eigenvalue weighted by molar-refractivity contribution is 0.510. The van der Waals surface area contributed by atoms with Crippen molar-refractivity contribution in [3.05, 3.63) is 68.9 Å². The Morgan fingerprint density at radius 2 is 1.95 bits per heavy atom. The third-order valence-electron chi connectivity index (χ3n) is 3.18. The van der Waals surface area contributed by atoms with Crippen LogP contribution in [0.4, 0.5) is 4.39 Å². The molecule has 0 bridgehead atoms. The molecule has 0 aliphatic heterocycles. The third kappa shape index (κ3) is 3.60. The largest absolute Gasteiger partial charge is 0.310 e. The summed E-state index contributed by atoms with van der Waals surface area (Å²) in [7, 11) is 0. The van der Waals surface area contributed by atoms with Gasteiger partial charge in [-0.1, -0.05) is 58.7 Å². The molecular formula is C16H16BrClFN. The highest BCUT2D eigenvalue weighted by molar-refractivity contribution is 9.10. The van der Waals surface area contributed by atoms with Gasteiger partial charge in [0.05, 0.1) is 0 Å². The molecule has 4 heteroatoms. The predicted octanol–water partition coefficient (Wildman–Crippen LogP) is 5.13. The van der Waals surface area contributed by atoms with Crippen molar-refractivity contribution < 1.29 is 4.39 Å². The van der Waals surface area contributed by atoms with E-state index in [1.165, 1.54) is 6.07 Å². The number of benzene rings is 2. The summed E-state index contributed by atoms with van der Waals surface area (Å²) in [4.78, 5) is 0. The predicted molar refractivity (Wildman–Crippen MR) is 85.7 cm³/mol. The fraction of sp³-hybridized carbons (Fsp3) is 0.250. The molecule has 0 fully saturated rings. The summed E-state index contributed by atoms with van der Waals surface area (Å²) in [6.07, 6.45) is 0.677. The standard InChI is InChI=1S/C16H16BrClFN/c1-2-20-15(10-11-6-3-4-7-12(11)17)16-13(18)8-5-9-14(16)19/h3-9,15,20H,2,10H2,1H3. The molecule has 0 radical (unpaired) electrons. The molecule has 20 heavy (non-hydrogen) atoms. The molecule has 0 amide bonds. The first-order chi connectivity index (χ1) is 9.63. The third-order valence-corrected chi connectivity index (χ3v) is 4.28. The van der Waals surface area contributed by atoms with Crippen molar-refractivity contribution in [3.63, 3.8) is 0 Å². The number of halogens is 3. The number of rotatable bonds is 5. The summed E-state index contributed by atoms with van der Waals surface area (Å²) >= 11 is 9.71. The van der Waals surface area contributed by atoms with Crippen LogP contribution in [0.15, 0.2) is 46.9 Å². The van der Waals surface area contributed by atoms with Crippen molar-refractivity contribution in [2.45, 2.75) is 19.4 Å². The first-order valence-electron chi connectivity index (χ1n) is 6.54. The molecule has 0 heterocycles.